The molecule has 7 heteroatoms. The van der Waals surface area contributed by atoms with Gasteiger partial charge in [0.15, 0.2) is 0 Å². The molecule has 1 aromatic carbocycles. The summed E-state index contributed by atoms with van der Waals surface area (Å²) in [7, 11) is 4.14. The van der Waals surface area contributed by atoms with Gasteiger partial charge in [-0.25, -0.2) is 0 Å². The van der Waals surface area contributed by atoms with E-state index in [1.165, 1.54) is 25.8 Å². The number of quaternary nitrogens is 2. The van der Waals surface area contributed by atoms with Gasteiger partial charge < -0.3 is 20.4 Å². The van der Waals surface area contributed by atoms with Crippen molar-refractivity contribution in [1.29, 1.82) is 0 Å². The largest absolute Gasteiger partial charge is 0.348 e. The average Bonchev–Trinajstić information content (AvgIpc) is 3.25. The molecule has 2 atom stereocenters. The van der Waals surface area contributed by atoms with Crippen LogP contribution in [0.5, 0.6) is 0 Å². The molecule has 0 spiro atoms. The van der Waals surface area contributed by atoms with Crippen LogP contribution in [0.4, 0.5) is 0 Å². The quantitative estimate of drug-likeness (QED) is 0.336. The predicted molar refractivity (Wildman–Crippen MR) is 115 cm³/mol. The maximum absolute atomic E-state index is 12.3. The van der Waals surface area contributed by atoms with E-state index in [0.29, 0.717) is 13.1 Å². The highest BCUT2D eigenvalue weighted by Gasteiger charge is 2.30. The van der Waals surface area contributed by atoms with Crippen molar-refractivity contribution in [3.05, 3.63) is 57.8 Å². The molecule has 1 aromatic heterocycles. The van der Waals surface area contributed by atoms with Gasteiger partial charge in [-0.2, -0.15) is 0 Å². The van der Waals surface area contributed by atoms with Gasteiger partial charge in [0.05, 0.1) is 38.6 Å². The first-order chi connectivity index (χ1) is 14.0. The number of rotatable bonds is 8. The molecule has 4 N–H and O–H groups in total. The van der Waals surface area contributed by atoms with E-state index in [9.17, 15) is 9.59 Å². The maximum Gasteiger partial charge on any atom is 0.309 e. The molecule has 1 aliphatic rings. The molecule has 156 valence electrons. The predicted octanol–water partition coefficient (Wildman–Crippen LogP) is -0.803. The van der Waals surface area contributed by atoms with E-state index in [1.54, 1.807) is 11.3 Å². The van der Waals surface area contributed by atoms with Crippen LogP contribution >= 0.6 is 11.3 Å². The molecule has 1 unspecified atom stereocenters. The standard InChI is InChI=1S/C22H30N4O2S/c1-25(2)12-6-11-23-21(27)22(28)24-15-19(20-9-5-14-29-20)26-13-10-17-7-3-4-8-18(17)16-26/h3-5,7-9,14,19H,6,10-13,15-16H2,1-2H3,(H,23,27)(H,24,28)/p+2/t19-/m1/s1. The molecule has 1 aliphatic heterocycles. The van der Waals surface area contributed by atoms with Crippen molar-refractivity contribution in [1.82, 2.24) is 10.6 Å². The topological polar surface area (TPSA) is 67.1 Å². The molecule has 6 nitrogen and oxygen atoms in total. The van der Waals surface area contributed by atoms with Crippen molar-refractivity contribution in [2.45, 2.75) is 25.4 Å². The first kappa shape index (κ1) is 21.5. The Morgan fingerprint density at radius 1 is 1.10 bits per heavy atom. The van der Waals surface area contributed by atoms with Crippen molar-refractivity contribution < 1.29 is 19.4 Å². The lowest BCUT2D eigenvalue weighted by Gasteiger charge is -2.32. The van der Waals surface area contributed by atoms with Crippen molar-refractivity contribution in [2.24, 2.45) is 0 Å². The van der Waals surface area contributed by atoms with Gasteiger partial charge in [0.2, 0.25) is 0 Å². The Hall–Kier alpha value is -2.22. The first-order valence-electron chi connectivity index (χ1n) is 10.3. The summed E-state index contributed by atoms with van der Waals surface area (Å²) in [6.45, 7) is 3.91. The van der Waals surface area contributed by atoms with Crippen molar-refractivity contribution >= 4 is 23.2 Å². The van der Waals surface area contributed by atoms with Crippen molar-refractivity contribution in [3.8, 4) is 0 Å². The third-order valence-corrected chi connectivity index (χ3v) is 6.43. The Morgan fingerprint density at radius 2 is 1.86 bits per heavy atom. The monoisotopic (exact) mass is 416 g/mol. The van der Waals surface area contributed by atoms with Crippen LogP contribution in [0.15, 0.2) is 41.8 Å². The minimum atomic E-state index is -0.541. The molecule has 0 saturated heterocycles. The van der Waals surface area contributed by atoms with Gasteiger partial charge in [-0.3, -0.25) is 9.59 Å². The molecule has 0 bridgehead atoms. The van der Waals surface area contributed by atoms with Crippen molar-refractivity contribution in [2.75, 3.05) is 40.3 Å². The summed E-state index contributed by atoms with van der Waals surface area (Å²) in [5, 5.41) is 7.66. The van der Waals surface area contributed by atoms with Gasteiger partial charge in [-0.05, 0) is 17.0 Å². The number of fused-ring (bicyclic) bond motifs is 1. The van der Waals surface area contributed by atoms with Gasteiger partial charge in [-0.15, -0.1) is 11.3 Å². The van der Waals surface area contributed by atoms with Gasteiger partial charge in [0.1, 0.15) is 12.6 Å². The molecular formula is C22H32N4O2S+2. The zero-order valence-corrected chi connectivity index (χ0v) is 18.1. The van der Waals surface area contributed by atoms with Gasteiger partial charge in [0.25, 0.3) is 0 Å². The van der Waals surface area contributed by atoms with Gasteiger partial charge in [-0.1, -0.05) is 30.3 Å². The lowest BCUT2D eigenvalue weighted by Crippen LogP contribution is -3.12. The first-order valence-corrected chi connectivity index (χ1v) is 11.2. The van der Waals surface area contributed by atoms with E-state index < -0.39 is 11.8 Å². The zero-order chi connectivity index (χ0) is 20.6. The molecular weight excluding hydrogens is 384 g/mol. The third kappa shape index (κ3) is 6.13. The zero-order valence-electron chi connectivity index (χ0n) is 17.3. The Bertz CT molecular complexity index is 807. The third-order valence-electron chi connectivity index (χ3n) is 5.44. The maximum atomic E-state index is 12.3. The molecule has 29 heavy (non-hydrogen) atoms. The fraction of sp³-hybridized carbons (Fsp3) is 0.455. The molecule has 0 radical (unpaired) electrons. The van der Waals surface area contributed by atoms with E-state index in [1.807, 2.05) is 6.07 Å². The molecule has 0 aliphatic carbocycles. The minimum Gasteiger partial charge on any atom is -0.348 e. The second kappa shape index (κ2) is 10.5. The van der Waals surface area contributed by atoms with Gasteiger partial charge in [0, 0.05) is 24.9 Å². The summed E-state index contributed by atoms with van der Waals surface area (Å²) < 4.78 is 0. The summed E-state index contributed by atoms with van der Waals surface area (Å²) in [6.07, 6.45) is 1.90. The fourth-order valence-corrected chi connectivity index (χ4v) is 4.72. The van der Waals surface area contributed by atoms with E-state index in [4.69, 9.17) is 0 Å². The van der Waals surface area contributed by atoms with Crippen LogP contribution in [-0.4, -0.2) is 52.1 Å². The van der Waals surface area contributed by atoms with Crippen LogP contribution in [0, 0.1) is 0 Å². The van der Waals surface area contributed by atoms with E-state index in [-0.39, 0.29) is 6.04 Å². The Kier molecular flexibility index (Phi) is 7.80. The number of carbonyl (C=O) groups excluding carboxylic acids is 2. The van der Waals surface area contributed by atoms with E-state index in [0.717, 1.165) is 32.5 Å². The normalized spacial score (nSPS) is 16.9. The number of hydrogen-bond donors (Lipinski definition) is 4. The van der Waals surface area contributed by atoms with Crippen molar-refractivity contribution in [3.63, 3.8) is 0 Å². The lowest BCUT2D eigenvalue weighted by molar-refractivity contribution is -0.945. The number of amides is 2. The van der Waals surface area contributed by atoms with Crippen LogP contribution in [0.1, 0.15) is 28.5 Å². The second-order valence-electron chi connectivity index (χ2n) is 7.95. The SMILES string of the molecule is C[NH+](C)CCCNC(=O)C(=O)NC[C@H](c1cccs1)[NH+]1CCc2ccccc2C1. The smallest absolute Gasteiger partial charge is 0.309 e. The number of carbonyl (C=O) groups is 2. The number of thiophene rings is 1. The van der Waals surface area contributed by atoms with Crippen LogP contribution in [0.2, 0.25) is 0 Å². The summed E-state index contributed by atoms with van der Waals surface area (Å²) in [5.41, 5.74) is 2.80. The summed E-state index contributed by atoms with van der Waals surface area (Å²) in [4.78, 5) is 28.4. The number of benzene rings is 1. The Labute approximate surface area is 176 Å². The van der Waals surface area contributed by atoms with Crippen LogP contribution < -0.4 is 20.4 Å². The molecule has 3 rings (SSSR count). The van der Waals surface area contributed by atoms with Crippen LogP contribution in [0.25, 0.3) is 0 Å². The molecule has 0 fully saturated rings. The lowest BCUT2D eigenvalue weighted by atomic mass is 9.98. The van der Waals surface area contributed by atoms with Crippen LogP contribution in [-0.2, 0) is 22.6 Å². The summed E-state index contributed by atoms with van der Waals surface area (Å²) in [6, 6.07) is 12.9. The van der Waals surface area contributed by atoms with Gasteiger partial charge >= 0.3 is 11.8 Å². The number of nitrogens with one attached hydrogen (secondary N) is 4. The highest BCUT2D eigenvalue weighted by molar-refractivity contribution is 7.10. The minimum absolute atomic E-state index is 0.150. The summed E-state index contributed by atoms with van der Waals surface area (Å²) in [5.74, 6) is -1.08. The molecule has 2 aromatic rings. The average molecular weight is 417 g/mol. The Balaban J connectivity index is 1.56. The Morgan fingerprint density at radius 3 is 2.59 bits per heavy atom. The van der Waals surface area contributed by atoms with E-state index in [2.05, 4.69) is 60.4 Å². The number of hydrogen-bond acceptors (Lipinski definition) is 3. The summed E-state index contributed by atoms with van der Waals surface area (Å²) >= 11 is 1.71. The van der Waals surface area contributed by atoms with E-state index >= 15 is 0 Å². The highest BCUT2D eigenvalue weighted by atomic mass is 32.1. The van der Waals surface area contributed by atoms with Crippen LogP contribution in [0.3, 0.4) is 0 Å². The molecule has 0 saturated carbocycles. The fourth-order valence-electron chi connectivity index (χ4n) is 3.83. The highest BCUT2D eigenvalue weighted by Crippen LogP contribution is 2.18. The molecule has 2 heterocycles. The molecule has 2 amide bonds. The second-order valence-corrected chi connectivity index (χ2v) is 8.93.